The Balaban J connectivity index is 1.64. The van der Waals surface area contributed by atoms with Crippen molar-refractivity contribution < 1.29 is 23.5 Å². The van der Waals surface area contributed by atoms with E-state index < -0.39 is 0 Å². The number of hydrogen-bond donors (Lipinski definition) is 0. The SMILES string of the molecule is COC(=O)C1CCN(C(=O)CCCOc2ccc(F)cc2)CC1. The summed E-state index contributed by atoms with van der Waals surface area (Å²) in [4.78, 5) is 25.3. The smallest absolute Gasteiger partial charge is 0.308 e. The first-order valence-corrected chi connectivity index (χ1v) is 7.84. The Labute approximate surface area is 135 Å². The first-order valence-electron chi connectivity index (χ1n) is 7.84. The Morgan fingerprint density at radius 1 is 1.22 bits per heavy atom. The first-order chi connectivity index (χ1) is 11.1. The number of likely N-dealkylation sites (tertiary alicyclic amines) is 1. The van der Waals surface area contributed by atoms with E-state index in [2.05, 4.69) is 0 Å². The number of carbonyl (C=O) groups is 2. The lowest BCUT2D eigenvalue weighted by molar-refractivity contribution is -0.148. The van der Waals surface area contributed by atoms with Crippen LogP contribution in [0.4, 0.5) is 4.39 Å². The van der Waals surface area contributed by atoms with E-state index in [-0.39, 0.29) is 23.6 Å². The van der Waals surface area contributed by atoms with Crippen LogP contribution in [0.1, 0.15) is 25.7 Å². The molecule has 1 amide bonds. The number of methoxy groups -OCH3 is 1. The van der Waals surface area contributed by atoms with Crippen LogP contribution in [0.3, 0.4) is 0 Å². The van der Waals surface area contributed by atoms with Gasteiger partial charge in [0.05, 0.1) is 19.6 Å². The molecule has 126 valence electrons. The van der Waals surface area contributed by atoms with Gasteiger partial charge in [0.15, 0.2) is 0 Å². The molecule has 1 fully saturated rings. The Morgan fingerprint density at radius 3 is 2.48 bits per heavy atom. The lowest BCUT2D eigenvalue weighted by atomic mass is 9.97. The average Bonchev–Trinajstić information content (AvgIpc) is 2.59. The van der Waals surface area contributed by atoms with Gasteiger partial charge in [-0.15, -0.1) is 0 Å². The van der Waals surface area contributed by atoms with Crippen molar-refractivity contribution in [3.8, 4) is 5.75 Å². The Morgan fingerprint density at radius 2 is 1.87 bits per heavy atom. The minimum atomic E-state index is -0.303. The van der Waals surface area contributed by atoms with Crippen molar-refractivity contribution >= 4 is 11.9 Å². The second-order valence-corrected chi connectivity index (χ2v) is 5.58. The van der Waals surface area contributed by atoms with Gasteiger partial charge < -0.3 is 14.4 Å². The van der Waals surface area contributed by atoms with Crippen molar-refractivity contribution in [2.24, 2.45) is 5.92 Å². The van der Waals surface area contributed by atoms with Crippen LogP contribution in [0.15, 0.2) is 24.3 Å². The molecular formula is C17H22FNO4. The van der Waals surface area contributed by atoms with Crippen LogP contribution in [0, 0.1) is 11.7 Å². The van der Waals surface area contributed by atoms with Gasteiger partial charge in [-0.3, -0.25) is 9.59 Å². The highest BCUT2D eigenvalue weighted by Gasteiger charge is 2.27. The summed E-state index contributed by atoms with van der Waals surface area (Å²) in [6, 6.07) is 5.81. The first kappa shape index (κ1) is 17.2. The highest BCUT2D eigenvalue weighted by atomic mass is 19.1. The summed E-state index contributed by atoms with van der Waals surface area (Å²) >= 11 is 0. The molecule has 1 saturated heterocycles. The summed E-state index contributed by atoms with van der Waals surface area (Å²) in [7, 11) is 1.39. The van der Waals surface area contributed by atoms with Crippen LogP contribution >= 0.6 is 0 Å². The molecule has 0 saturated carbocycles. The summed E-state index contributed by atoms with van der Waals surface area (Å²) < 4.78 is 22.9. The van der Waals surface area contributed by atoms with Gasteiger partial charge in [-0.25, -0.2) is 4.39 Å². The van der Waals surface area contributed by atoms with Gasteiger partial charge in [0.2, 0.25) is 5.91 Å². The zero-order valence-electron chi connectivity index (χ0n) is 13.3. The van der Waals surface area contributed by atoms with Crippen LogP contribution in [0.5, 0.6) is 5.75 Å². The number of esters is 1. The zero-order chi connectivity index (χ0) is 16.7. The lowest BCUT2D eigenvalue weighted by Gasteiger charge is -2.30. The molecule has 0 aromatic heterocycles. The van der Waals surface area contributed by atoms with Gasteiger partial charge in [0.1, 0.15) is 11.6 Å². The predicted octanol–water partition coefficient (Wildman–Crippen LogP) is 2.40. The molecule has 0 aliphatic carbocycles. The van der Waals surface area contributed by atoms with E-state index in [1.54, 1.807) is 17.0 Å². The largest absolute Gasteiger partial charge is 0.494 e. The van der Waals surface area contributed by atoms with E-state index in [9.17, 15) is 14.0 Å². The summed E-state index contributed by atoms with van der Waals surface area (Å²) in [6.45, 7) is 1.60. The van der Waals surface area contributed by atoms with Crippen molar-refractivity contribution in [2.45, 2.75) is 25.7 Å². The maximum atomic E-state index is 12.8. The molecule has 0 bridgehead atoms. The number of nitrogens with zero attached hydrogens (tertiary/aromatic N) is 1. The molecule has 0 radical (unpaired) electrons. The van der Waals surface area contributed by atoms with Crippen molar-refractivity contribution in [3.05, 3.63) is 30.1 Å². The summed E-state index contributed by atoms with van der Waals surface area (Å²) in [5.74, 6) is 0.0901. The van der Waals surface area contributed by atoms with Crippen LogP contribution in [0.2, 0.25) is 0 Å². The van der Waals surface area contributed by atoms with Crippen LogP contribution in [-0.2, 0) is 14.3 Å². The number of benzene rings is 1. The standard InChI is InChI=1S/C17H22FNO4/c1-22-17(21)13-8-10-19(11-9-13)16(20)3-2-12-23-15-6-4-14(18)5-7-15/h4-7,13H,2-3,8-12H2,1H3. The Kier molecular flexibility index (Phi) is 6.38. The number of hydrogen-bond acceptors (Lipinski definition) is 4. The van der Waals surface area contributed by atoms with E-state index in [4.69, 9.17) is 9.47 Å². The molecule has 6 heteroatoms. The second kappa shape index (κ2) is 8.50. The number of piperidine rings is 1. The highest BCUT2D eigenvalue weighted by Crippen LogP contribution is 2.19. The van der Waals surface area contributed by atoms with Crippen molar-refractivity contribution in [2.75, 3.05) is 26.8 Å². The third-order valence-corrected chi connectivity index (χ3v) is 4.00. The van der Waals surface area contributed by atoms with Crippen molar-refractivity contribution in [1.82, 2.24) is 4.90 Å². The minimum absolute atomic E-state index is 0.0796. The number of rotatable bonds is 6. The molecule has 1 aromatic carbocycles. The number of amides is 1. The molecule has 1 aliphatic heterocycles. The Hall–Kier alpha value is -2.11. The van der Waals surface area contributed by atoms with E-state index in [1.165, 1.54) is 19.2 Å². The molecule has 1 aromatic rings. The van der Waals surface area contributed by atoms with Crippen LogP contribution < -0.4 is 4.74 Å². The number of ether oxygens (including phenoxy) is 2. The fraction of sp³-hybridized carbons (Fsp3) is 0.529. The van der Waals surface area contributed by atoms with E-state index in [0.717, 1.165) is 0 Å². The van der Waals surface area contributed by atoms with Gasteiger partial charge in [-0.1, -0.05) is 0 Å². The van der Waals surface area contributed by atoms with Gasteiger partial charge >= 0.3 is 5.97 Å². The third kappa shape index (κ3) is 5.23. The number of carbonyl (C=O) groups excluding carboxylic acids is 2. The molecule has 5 nitrogen and oxygen atoms in total. The molecule has 1 aliphatic rings. The monoisotopic (exact) mass is 323 g/mol. The third-order valence-electron chi connectivity index (χ3n) is 4.00. The van der Waals surface area contributed by atoms with Crippen molar-refractivity contribution in [1.29, 1.82) is 0 Å². The minimum Gasteiger partial charge on any atom is -0.494 e. The van der Waals surface area contributed by atoms with E-state index >= 15 is 0 Å². The van der Waals surface area contributed by atoms with E-state index in [0.29, 0.717) is 51.1 Å². The van der Waals surface area contributed by atoms with Gasteiger partial charge in [0, 0.05) is 19.5 Å². The summed E-state index contributed by atoms with van der Waals surface area (Å²) in [5, 5.41) is 0. The Bertz CT molecular complexity index is 524. The molecule has 0 N–H and O–H groups in total. The lowest BCUT2D eigenvalue weighted by Crippen LogP contribution is -2.40. The summed E-state index contributed by atoms with van der Waals surface area (Å²) in [5.41, 5.74) is 0. The fourth-order valence-corrected chi connectivity index (χ4v) is 2.63. The normalized spacial score (nSPS) is 15.3. The van der Waals surface area contributed by atoms with Gasteiger partial charge in [0.25, 0.3) is 0 Å². The maximum Gasteiger partial charge on any atom is 0.308 e. The summed E-state index contributed by atoms with van der Waals surface area (Å²) in [6.07, 6.45) is 2.33. The van der Waals surface area contributed by atoms with Crippen LogP contribution in [0.25, 0.3) is 0 Å². The van der Waals surface area contributed by atoms with Gasteiger partial charge in [-0.05, 0) is 43.5 Å². The maximum absolute atomic E-state index is 12.8. The van der Waals surface area contributed by atoms with E-state index in [1.807, 2.05) is 0 Å². The van der Waals surface area contributed by atoms with Gasteiger partial charge in [-0.2, -0.15) is 0 Å². The van der Waals surface area contributed by atoms with Crippen LogP contribution in [-0.4, -0.2) is 43.6 Å². The van der Waals surface area contributed by atoms with Crippen molar-refractivity contribution in [3.63, 3.8) is 0 Å². The topological polar surface area (TPSA) is 55.8 Å². The molecule has 23 heavy (non-hydrogen) atoms. The fourth-order valence-electron chi connectivity index (χ4n) is 2.63. The molecule has 1 heterocycles. The zero-order valence-corrected chi connectivity index (χ0v) is 13.3. The molecule has 0 atom stereocenters. The molecular weight excluding hydrogens is 301 g/mol. The molecule has 0 spiro atoms. The average molecular weight is 323 g/mol. The second-order valence-electron chi connectivity index (χ2n) is 5.58. The molecule has 2 rings (SSSR count). The highest BCUT2D eigenvalue weighted by molar-refractivity contribution is 5.77. The quantitative estimate of drug-likeness (QED) is 0.596. The number of halogens is 1. The molecule has 0 unspecified atom stereocenters. The predicted molar refractivity (Wildman–Crippen MR) is 82.4 cm³/mol.